The molecule has 0 radical (unpaired) electrons. The first-order valence-electron chi connectivity index (χ1n) is 6.89. The van der Waals surface area contributed by atoms with E-state index in [2.05, 4.69) is 4.90 Å². The number of nitrogen functional groups attached to an aromatic ring is 1. The van der Waals surface area contributed by atoms with Crippen molar-refractivity contribution in [1.29, 1.82) is 0 Å². The molecule has 1 aromatic carbocycles. The van der Waals surface area contributed by atoms with Gasteiger partial charge in [0.15, 0.2) is 0 Å². The molecule has 0 aromatic heterocycles. The molecule has 2 rings (SSSR count). The predicted octanol–water partition coefficient (Wildman–Crippen LogP) is 0.857. The molecule has 0 bridgehead atoms. The molecule has 1 aliphatic rings. The Bertz CT molecular complexity index is 542. The Labute approximate surface area is 120 Å². The molecule has 0 aliphatic carbocycles. The average molecular weight is 297 g/mol. The van der Waals surface area contributed by atoms with Gasteiger partial charge >= 0.3 is 0 Å². The van der Waals surface area contributed by atoms with Gasteiger partial charge in [0.2, 0.25) is 0 Å². The van der Waals surface area contributed by atoms with Crippen molar-refractivity contribution in [3.63, 3.8) is 0 Å². The molecule has 20 heavy (non-hydrogen) atoms. The quantitative estimate of drug-likeness (QED) is 0.787. The lowest BCUT2D eigenvalue weighted by Crippen LogP contribution is -2.34. The van der Waals surface area contributed by atoms with Gasteiger partial charge in [0.25, 0.3) is 0 Å². The topological polar surface area (TPSA) is 89.4 Å². The van der Waals surface area contributed by atoms with Crippen LogP contribution in [-0.4, -0.2) is 39.6 Å². The van der Waals surface area contributed by atoms with Crippen LogP contribution in [0.15, 0.2) is 24.3 Å². The maximum Gasteiger partial charge on any atom is 0.147 e. The molecular formula is C14H23N3O2S. The van der Waals surface area contributed by atoms with E-state index in [9.17, 15) is 8.42 Å². The highest BCUT2D eigenvalue weighted by atomic mass is 32.2. The standard InChI is InChI=1S/C14H23N3O2S/c1-20(18,19)9-7-14(16)11-6-8-17(10-11)13-4-2-12(15)3-5-13/h2-5,11,14H,6-10,15-16H2,1H3/t11-,14?/m1/s1. The molecule has 0 amide bonds. The summed E-state index contributed by atoms with van der Waals surface area (Å²) in [4.78, 5) is 2.28. The monoisotopic (exact) mass is 297 g/mol. The summed E-state index contributed by atoms with van der Waals surface area (Å²) in [7, 11) is -2.93. The smallest absolute Gasteiger partial charge is 0.147 e. The van der Waals surface area contributed by atoms with Crippen LogP contribution in [0, 0.1) is 5.92 Å². The maximum absolute atomic E-state index is 11.2. The van der Waals surface area contributed by atoms with E-state index >= 15 is 0 Å². The van der Waals surface area contributed by atoms with Gasteiger partial charge in [-0.15, -0.1) is 0 Å². The first-order chi connectivity index (χ1) is 9.35. The van der Waals surface area contributed by atoms with E-state index in [-0.39, 0.29) is 11.8 Å². The number of hydrogen-bond acceptors (Lipinski definition) is 5. The lowest BCUT2D eigenvalue weighted by Gasteiger charge is -2.21. The summed E-state index contributed by atoms with van der Waals surface area (Å²) in [6.45, 7) is 1.84. The Morgan fingerprint density at radius 1 is 1.35 bits per heavy atom. The van der Waals surface area contributed by atoms with E-state index in [0.29, 0.717) is 12.3 Å². The van der Waals surface area contributed by atoms with Crippen LogP contribution >= 0.6 is 0 Å². The summed E-state index contributed by atoms with van der Waals surface area (Å²) >= 11 is 0. The lowest BCUT2D eigenvalue weighted by molar-refractivity contribution is 0.446. The second kappa shape index (κ2) is 6.01. The fraction of sp³-hybridized carbons (Fsp3) is 0.571. The third-order valence-electron chi connectivity index (χ3n) is 3.91. The zero-order valence-electron chi connectivity index (χ0n) is 11.8. The van der Waals surface area contributed by atoms with Crippen molar-refractivity contribution in [2.24, 2.45) is 11.7 Å². The van der Waals surface area contributed by atoms with Crippen LogP contribution in [0.4, 0.5) is 11.4 Å². The number of benzene rings is 1. The molecule has 1 fully saturated rings. The fourth-order valence-corrected chi connectivity index (χ4v) is 3.34. The van der Waals surface area contributed by atoms with Crippen LogP contribution in [0.3, 0.4) is 0 Å². The van der Waals surface area contributed by atoms with Crippen molar-refractivity contribution >= 4 is 21.2 Å². The van der Waals surface area contributed by atoms with E-state index < -0.39 is 9.84 Å². The molecule has 6 heteroatoms. The first-order valence-corrected chi connectivity index (χ1v) is 8.95. The van der Waals surface area contributed by atoms with Gasteiger partial charge in [-0.1, -0.05) is 0 Å². The Kier molecular flexibility index (Phi) is 4.55. The van der Waals surface area contributed by atoms with E-state index in [0.717, 1.165) is 30.9 Å². The van der Waals surface area contributed by atoms with Gasteiger partial charge in [0.1, 0.15) is 9.84 Å². The number of rotatable bonds is 5. The summed E-state index contributed by atoms with van der Waals surface area (Å²) in [5.74, 6) is 0.529. The Morgan fingerprint density at radius 2 is 2.00 bits per heavy atom. The molecular weight excluding hydrogens is 274 g/mol. The largest absolute Gasteiger partial charge is 0.399 e. The number of nitrogens with two attached hydrogens (primary N) is 2. The highest BCUT2D eigenvalue weighted by Crippen LogP contribution is 2.26. The minimum absolute atomic E-state index is 0.0523. The van der Waals surface area contributed by atoms with Crippen molar-refractivity contribution in [2.75, 3.05) is 35.7 Å². The van der Waals surface area contributed by atoms with Crippen LogP contribution in [0.25, 0.3) is 0 Å². The third-order valence-corrected chi connectivity index (χ3v) is 4.89. The number of nitrogens with zero attached hydrogens (tertiary/aromatic N) is 1. The van der Waals surface area contributed by atoms with Crippen molar-refractivity contribution in [2.45, 2.75) is 18.9 Å². The van der Waals surface area contributed by atoms with Gasteiger partial charge in [0, 0.05) is 36.8 Å². The summed E-state index contributed by atoms with van der Waals surface area (Å²) < 4.78 is 22.4. The molecule has 1 aliphatic heterocycles. The highest BCUT2D eigenvalue weighted by molar-refractivity contribution is 7.90. The number of sulfone groups is 1. The van der Waals surface area contributed by atoms with Gasteiger partial charge in [-0.2, -0.15) is 0 Å². The van der Waals surface area contributed by atoms with E-state index in [1.165, 1.54) is 6.26 Å². The zero-order valence-corrected chi connectivity index (χ0v) is 12.6. The summed E-state index contributed by atoms with van der Waals surface area (Å²) in [5.41, 5.74) is 13.7. The fourth-order valence-electron chi connectivity index (χ4n) is 2.64. The normalized spacial score (nSPS) is 21.1. The number of anilines is 2. The van der Waals surface area contributed by atoms with Crippen molar-refractivity contribution < 1.29 is 8.42 Å². The van der Waals surface area contributed by atoms with E-state index in [1.54, 1.807) is 0 Å². The molecule has 2 atom stereocenters. The second-order valence-corrected chi connectivity index (χ2v) is 7.93. The minimum atomic E-state index is -2.93. The Hall–Kier alpha value is -1.27. The van der Waals surface area contributed by atoms with Crippen LogP contribution in [0.2, 0.25) is 0 Å². The van der Waals surface area contributed by atoms with Crippen molar-refractivity contribution in [3.8, 4) is 0 Å². The molecule has 1 unspecified atom stereocenters. The SMILES string of the molecule is CS(=O)(=O)CCC(N)[C@@H]1CCN(c2ccc(N)cc2)C1. The summed E-state index contributed by atoms with van der Waals surface area (Å²) in [6, 6.07) is 7.77. The number of hydrogen-bond donors (Lipinski definition) is 2. The average Bonchev–Trinajstić information content (AvgIpc) is 2.85. The minimum Gasteiger partial charge on any atom is -0.399 e. The van der Waals surface area contributed by atoms with Crippen LogP contribution in [0.1, 0.15) is 12.8 Å². The molecule has 112 valence electrons. The van der Waals surface area contributed by atoms with Gasteiger partial charge in [-0.05, 0) is 43.0 Å². The summed E-state index contributed by atoms with van der Waals surface area (Å²) in [6.07, 6.45) is 2.81. The highest BCUT2D eigenvalue weighted by Gasteiger charge is 2.27. The maximum atomic E-state index is 11.2. The lowest BCUT2D eigenvalue weighted by atomic mass is 9.98. The van der Waals surface area contributed by atoms with Crippen molar-refractivity contribution in [3.05, 3.63) is 24.3 Å². The van der Waals surface area contributed by atoms with Gasteiger partial charge in [0.05, 0.1) is 5.75 Å². The van der Waals surface area contributed by atoms with Gasteiger partial charge in [-0.3, -0.25) is 0 Å². The van der Waals surface area contributed by atoms with E-state index in [1.807, 2.05) is 24.3 Å². The molecule has 1 saturated heterocycles. The molecule has 4 N–H and O–H groups in total. The zero-order chi connectivity index (χ0) is 14.8. The Morgan fingerprint density at radius 3 is 2.60 bits per heavy atom. The molecule has 0 spiro atoms. The molecule has 5 nitrogen and oxygen atoms in total. The molecule has 1 heterocycles. The van der Waals surface area contributed by atoms with E-state index in [4.69, 9.17) is 11.5 Å². The first kappa shape index (κ1) is 15.1. The second-order valence-electron chi connectivity index (χ2n) is 5.67. The van der Waals surface area contributed by atoms with Crippen molar-refractivity contribution in [1.82, 2.24) is 0 Å². The van der Waals surface area contributed by atoms with Crippen LogP contribution < -0.4 is 16.4 Å². The summed E-state index contributed by atoms with van der Waals surface area (Å²) in [5, 5.41) is 0. The van der Waals surface area contributed by atoms with Gasteiger partial charge in [-0.25, -0.2) is 8.42 Å². The Balaban J connectivity index is 1.90. The predicted molar refractivity (Wildman–Crippen MR) is 83.5 cm³/mol. The van der Waals surface area contributed by atoms with Gasteiger partial charge < -0.3 is 16.4 Å². The van der Waals surface area contributed by atoms with Crippen LogP contribution in [0.5, 0.6) is 0 Å². The molecule has 0 saturated carbocycles. The third kappa shape index (κ3) is 4.11. The van der Waals surface area contributed by atoms with Crippen LogP contribution in [-0.2, 0) is 9.84 Å². The molecule has 1 aromatic rings.